The van der Waals surface area contributed by atoms with Gasteiger partial charge < -0.3 is 14.4 Å². The average molecular weight is 431 g/mol. The van der Waals surface area contributed by atoms with Gasteiger partial charge in [0.2, 0.25) is 0 Å². The van der Waals surface area contributed by atoms with Crippen LogP contribution < -0.4 is 9.47 Å². The zero-order valence-corrected chi connectivity index (χ0v) is 18.0. The second kappa shape index (κ2) is 7.32. The molecule has 8 heteroatoms. The molecule has 1 fully saturated rings. The van der Waals surface area contributed by atoms with E-state index in [1.165, 1.54) is 30.3 Å². The van der Waals surface area contributed by atoms with Crippen LogP contribution >= 0.6 is 0 Å². The van der Waals surface area contributed by atoms with Crippen LogP contribution in [0, 0.1) is 0 Å². The van der Waals surface area contributed by atoms with Crippen molar-refractivity contribution in [2.24, 2.45) is 0 Å². The SMILES string of the molecule is CC1c2cc3c(cc2C2(CCCC2)CN1C(=O)c1cccc(-n2cnnn2)c1)OCCO3. The minimum Gasteiger partial charge on any atom is -0.486 e. The van der Waals surface area contributed by atoms with Gasteiger partial charge in [-0.05, 0) is 71.7 Å². The molecule has 1 saturated carbocycles. The van der Waals surface area contributed by atoms with Crippen molar-refractivity contribution in [3.63, 3.8) is 0 Å². The lowest BCUT2D eigenvalue weighted by Gasteiger charge is -2.46. The van der Waals surface area contributed by atoms with Crippen molar-refractivity contribution in [3.8, 4) is 17.2 Å². The van der Waals surface area contributed by atoms with E-state index in [4.69, 9.17) is 9.47 Å². The molecule has 0 radical (unpaired) electrons. The molecule has 2 aromatic carbocycles. The molecule has 1 aromatic heterocycles. The molecule has 6 rings (SSSR count). The Kier molecular flexibility index (Phi) is 4.41. The predicted molar refractivity (Wildman–Crippen MR) is 116 cm³/mol. The predicted octanol–water partition coefficient (Wildman–Crippen LogP) is 3.46. The molecule has 0 saturated heterocycles. The van der Waals surface area contributed by atoms with Crippen molar-refractivity contribution in [3.05, 3.63) is 59.4 Å². The molecule has 164 valence electrons. The number of rotatable bonds is 2. The minimum absolute atomic E-state index is 0.0270. The van der Waals surface area contributed by atoms with Crippen LogP contribution in [0.1, 0.15) is 60.1 Å². The second-order valence-corrected chi connectivity index (χ2v) is 8.98. The van der Waals surface area contributed by atoms with E-state index in [0.29, 0.717) is 18.8 Å². The van der Waals surface area contributed by atoms with Crippen molar-refractivity contribution < 1.29 is 14.3 Å². The maximum absolute atomic E-state index is 13.8. The summed E-state index contributed by atoms with van der Waals surface area (Å²) in [7, 11) is 0. The summed E-state index contributed by atoms with van der Waals surface area (Å²) in [6.07, 6.45) is 6.06. The third-order valence-corrected chi connectivity index (χ3v) is 7.20. The van der Waals surface area contributed by atoms with Gasteiger partial charge in [0.1, 0.15) is 19.5 Å². The molecule has 1 atom stereocenters. The number of tetrazole rings is 1. The molecule has 0 bridgehead atoms. The first kappa shape index (κ1) is 19.3. The van der Waals surface area contributed by atoms with Gasteiger partial charge in [0, 0.05) is 17.5 Å². The van der Waals surface area contributed by atoms with E-state index in [9.17, 15) is 4.79 Å². The minimum atomic E-state index is -0.0590. The largest absolute Gasteiger partial charge is 0.486 e. The molecule has 8 nitrogen and oxygen atoms in total. The number of benzene rings is 2. The molecule has 1 aliphatic carbocycles. The number of carbonyl (C=O) groups excluding carboxylic acids is 1. The molecule has 3 aromatic rings. The smallest absolute Gasteiger partial charge is 0.254 e. The van der Waals surface area contributed by atoms with Crippen LogP contribution in [0.3, 0.4) is 0 Å². The fourth-order valence-corrected chi connectivity index (χ4v) is 5.58. The quantitative estimate of drug-likeness (QED) is 0.618. The maximum Gasteiger partial charge on any atom is 0.254 e. The highest BCUT2D eigenvalue weighted by Gasteiger charge is 2.46. The fraction of sp³-hybridized carbons (Fsp3) is 0.417. The first-order valence-corrected chi connectivity index (χ1v) is 11.2. The number of carbonyl (C=O) groups is 1. The third kappa shape index (κ3) is 2.97. The zero-order valence-electron chi connectivity index (χ0n) is 18.0. The van der Waals surface area contributed by atoms with E-state index < -0.39 is 0 Å². The average Bonchev–Trinajstić information content (AvgIpc) is 3.53. The first-order chi connectivity index (χ1) is 15.6. The Balaban J connectivity index is 1.41. The molecule has 1 unspecified atom stereocenters. The highest BCUT2D eigenvalue weighted by molar-refractivity contribution is 5.95. The van der Waals surface area contributed by atoms with E-state index in [2.05, 4.69) is 34.6 Å². The van der Waals surface area contributed by atoms with Crippen LogP contribution in [-0.2, 0) is 5.41 Å². The highest BCUT2D eigenvalue weighted by Crippen LogP contribution is 2.52. The lowest BCUT2D eigenvalue weighted by atomic mass is 9.71. The van der Waals surface area contributed by atoms with Gasteiger partial charge in [-0.15, -0.1) is 5.10 Å². The Morgan fingerprint density at radius 3 is 2.62 bits per heavy atom. The molecule has 32 heavy (non-hydrogen) atoms. The van der Waals surface area contributed by atoms with Crippen molar-refractivity contribution >= 4 is 5.91 Å². The van der Waals surface area contributed by atoms with E-state index in [1.807, 2.05) is 29.2 Å². The number of aromatic nitrogens is 4. The van der Waals surface area contributed by atoms with Gasteiger partial charge in [-0.25, -0.2) is 4.68 Å². The first-order valence-electron chi connectivity index (χ1n) is 11.2. The summed E-state index contributed by atoms with van der Waals surface area (Å²) in [5.74, 6) is 1.65. The Bertz CT molecular complexity index is 1170. The van der Waals surface area contributed by atoms with Crippen molar-refractivity contribution in [2.45, 2.75) is 44.1 Å². The van der Waals surface area contributed by atoms with E-state index in [-0.39, 0.29) is 17.4 Å². The lowest BCUT2D eigenvalue weighted by Crippen LogP contribution is -2.48. The van der Waals surface area contributed by atoms with Gasteiger partial charge in [-0.1, -0.05) is 18.9 Å². The van der Waals surface area contributed by atoms with Gasteiger partial charge in [-0.3, -0.25) is 4.79 Å². The van der Waals surface area contributed by atoms with Crippen molar-refractivity contribution in [1.82, 2.24) is 25.1 Å². The van der Waals surface area contributed by atoms with Crippen molar-refractivity contribution in [1.29, 1.82) is 0 Å². The van der Waals surface area contributed by atoms with Crippen LogP contribution in [-0.4, -0.2) is 50.8 Å². The van der Waals surface area contributed by atoms with Crippen LogP contribution in [0.5, 0.6) is 11.5 Å². The highest BCUT2D eigenvalue weighted by atomic mass is 16.6. The molecule has 3 aliphatic rings. The van der Waals surface area contributed by atoms with E-state index in [1.54, 1.807) is 4.68 Å². The zero-order chi connectivity index (χ0) is 21.7. The Morgan fingerprint density at radius 2 is 1.88 bits per heavy atom. The monoisotopic (exact) mass is 431 g/mol. The number of ether oxygens (including phenoxy) is 2. The summed E-state index contributed by atoms with van der Waals surface area (Å²) in [6, 6.07) is 11.7. The topological polar surface area (TPSA) is 82.4 Å². The maximum atomic E-state index is 13.8. The number of amides is 1. The van der Waals surface area contributed by atoms with Gasteiger partial charge in [-0.2, -0.15) is 0 Å². The normalized spacial score (nSPS) is 20.9. The molecule has 1 amide bonds. The van der Waals surface area contributed by atoms with Gasteiger partial charge in [0.15, 0.2) is 11.5 Å². The third-order valence-electron chi connectivity index (χ3n) is 7.20. The summed E-state index contributed by atoms with van der Waals surface area (Å²) in [5.41, 5.74) is 3.88. The fourth-order valence-electron chi connectivity index (χ4n) is 5.58. The molecular weight excluding hydrogens is 406 g/mol. The van der Waals surface area contributed by atoms with Gasteiger partial charge in [0.25, 0.3) is 5.91 Å². The molecule has 2 aliphatic heterocycles. The molecular formula is C24H25N5O3. The lowest BCUT2D eigenvalue weighted by molar-refractivity contribution is 0.0593. The number of hydrogen-bond acceptors (Lipinski definition) is 6. The Morgan fingerprint density at radius 1 is 1.09 bits per heavy atom. The summed E-state index contributed by atoms with van der Waals surface area (Å²) in [6.45, 7) is 3.96. The van der Waals surface area contributed by atoms with Crippen LogP contribution in [0.4, 0.5) is 0 Å². The number of hydrogen-bond donors (Lipinski definition) is 0. The summed E-state index contributed by atoms with van der Waals surface area (Å²) in [4.78, 5) is 15.8. The van der Waals surface area contributed by atoms with Crippen LogP contribution in [0.25, 0.3) is 5.69 Å². The van der Waals surface area contributed by atoms with Crippen LogP contribution in [0.2, 0.25) is 0 Å². The summed E-state index contributed by atoms with van der Waals surface area (Å²) in [5, 5.41) is 11.3. The number of nitrogens with zero attached hydrogens (tertiary/aromatic N) is 5. The van der Waals surface area contributed by atoms with Gasteiger partial charge in [0.05, 0.1) is 11.7 Å². The second-order valence-electron chi connectivity index (χ2n) is 8.98. The Hall–Kier alpha value is -3.42. The van der Waals surface area contributed by atoms with Gasteiger partial charge >= 0.3 is 0 Å². The standard InChI is InChI=1S/C24H25N5O3/c1-16-19-12-21-22(32-10-9-31-21)13-20(19)24(7-2-3-8-24)14-28(16)23(30)17-5-4-6-18(11-17)29-15-25-26-27-29/h4-6,11-13,15-16H,2-3,7-10,14H2,1H3. The molecule has 1 spiro atoms. The molecule has 3 heterocycles. The summed E-state index contributed by atoms with van der Waals surface area (Å²) < 4.78 is 13.3. The van der Waals surface area contributed by atoms with Crippen molar-refractivity contribution in [2.75, 3.05) is 19.8 Å². The number of fused-ring (bicyclic) bond motifs is 3. The van der Waals surface area contributed by atoms with E-state index in [0.717, 1.165) is 36.6 Å². The Labute approximate surface area is 186 Å². The molecule has 0 N–H and O–H groups in total. The van der Waals surface area contributed by atoms with E-state index >= 15 is 0 Å². The van der Waals surface area contributed by atoms with Crippen LogP contribution in [0.15, 0.2) is 42.7 Å². The summed E-state index contributed by atoms with van der Waals surface area (Å²) >= 11 is 0.